The lowest BCUT2D eigenvalue weighted by molar-refractivity contribution is 0.0155. The molecule has 0 amide bonds. The number of hydrogen-bond acceptors (Lipinski definition) is 3. The van der Waals surface area contributed by atoms with E-state index in [0.29, 0.717) is 0 Å². The summed E-state index contributed by atoms with van der Waals surface area (Å²) in [6, 6.07) is 8.91. The first-order valence-corrected chi connectivity index (χ1v) is 8.81. The van der Waals surface area contributed by atoms with Crippen molar-refractivity contribution >= 4 is 0 Å². The average molecular weight is 301 g/mol. The van der Waals surface area contributed by atoms with Crippen LogP contribution in [0.1, 0.15) is 43.6 Å². The van der Waals surface area contributed by atoms with Crippen molar-refractivity contribution in [2.24, 2.45) is 11.8 Å². The van der Waals surface area contributed by atoms with Gasteiger partial charge in [-0.05, 0) is 55.7 Å². The highest BCUT2D eigenvalue weighted by molar-refractivity contribution is 5.37. The number of aliphatic hydroxyl groups excluding tert-OH is 1. The van der Waals surface area contributed by atoms with Crippen LogP contribution in [0.3, 0.4) is 0 Å². The highest BCUT2D eigenvalue weighted by Gasteiger charge is 2.44. The highest BCUT2D eigenvalue weighted by atomic mass is 16.5. The molecule has 1 heterocycles. The van der Waals surface area contributed by atoms with Crippen LogP contribution in [-0.2, 0) is 0 Å². The van der Waals surface area contributed by atoms with Crippen LogP contribution in [0.5, 0.6) is 5.75 Å². The second-order valence-electron chi connectivity index (χ2n) is 7.44. The zero-order valence-corrected chi connectivity index (χ0v) is 13.4. The Labute approximate surface area is 133 Å². The first-order chi connectivity index (χ1) is 10.8. The van der Waals surface area contributed by atoms with Crippen molar-refractivity contribution in [3.63, 3.8) is 0 Å². The average Bonchev–Trinajstić information content (AvgIpc) is 3.18. The molecule has 2 bridgehead atoms. The molecule has 2 aliphatic carbocycles. The van der Waals surface area contributed by atoms with Crippen molar-refractivity contribution in [2.45, 2.75) is 50.2 Å². The van der Waals surface area contributed by atoms with Crippen molar-refractivity contribution in [3.8, 4) is 5.75 Å². The lowest BCUT2D eigenvalue weighted by Crippen LogP contribution is -2.49. The molecule has 2 saturated carbocycles. The number of β-amino-alcohol motifs (C(OH)–C–C–N with tert-alkyl or cyclic N) is 1. The molecule has 4 rings (SSSR count). The second-order valence-corrected chi connectivity index (χ2v) is 7.44. The Hall–Kier alpha value is -1.06. The predicted molar refractivity (Wildman–Crippen MR) is 87.2 cm³/mol. The van der Waals surface area contributed by atoms with Crippen LogP contribution >= 0.6 is 0 Å². The molecule has 120 valence electrons. The van der Waals surface area contributed by atoms with Crippen molar-refractivity contribution in [3.05, 3.63) is 29.8 Å². The molecule has 3 nitrogen and oxygen atoms in total. The van der Waals surface area contributed by atoms with E-state index in [0.717, 1.165) is 43.1 Å². The number of ether oxygens (including phenoxy) is 1. The number of methoxy groups -OCH3 is 1. The summed E-state index contributed by atoms with van der Waals surface area (Å²) in [7, 11) is 1.72. The number of aliphatic hydroxyl groups is 1. The van der Waals surface area contributed by atoms with Gasteiger partial charge in [-0.25, -0.2) is 0 Å². The van der Waals surface area contributed by atoms with Crippen molar-refractivity contribution < 1.29 is 9.84 Å². The largest absolute Gasteiger partial charge is 0.496 e. The highest BCUT2D eigenvalue weighted by Crippen LogP contribution is 2.47. The Balaban J connectivity index is 1.46. The molecule has 1 aromatic carbocycles. The molecule has 0 radical (unpaired) electrons. The SMILES string of the molecule is COc1ccccc1[C@H]1CCN([C@@H]2C[C@H]3CCC2C3)C[C@H]1O. The summed E-state index contributed by atoms with van der Waals surface area (Å²) in [5, 5.41) is 10.7. The quantitative estimate of drug-likeness (QED) is 0.931. The van der Waals surface area contributed by atoms with Gasteiger partial charge in [-0.3, -0.25) is 4.90 Å². The molecule has 1 saturated heterocycles. The fraction of sp³-hybridized carbons (Fsp3) is 0.684. The Morgan fingerprint density at radius 1 is 1.14 bits per heavy atom. The van der Waals surface area contributed by atoms with Gasteiger partial charge in [0.15, 0.2) is 0 Å². The van der Waals surface area contributed by atoms with E-state index in [-0.39, 0.29) is 12.0 Å². The van der Waals surface area contributed by atoms with E-state index in [1.54, 1.807) is 7.11 Å². The summed E-state index contributed by atoms with van der Waals surface area (Å²) in [5.41, 5.74) is 1.17. The van der Waals surface area contributed by atoms with Crippen LogP contribution in [0.4, 0.5) is 0 Å². The van der Waals surface area contributed by atoms with Crippen LogP contribution in [0.2, 0.25) is 0 Å². The Kier molecular flexibility index (Phi) is 3.87. The number of para-hydroxylation sites is 1. The van der Waals surface area contributed by atoms with Gasteiger partial charge in [0, 0.05) is 18.5 Å². The van der Waals surface area contributed by atoms with E-state index in [4.69, 9.17) is 4.74 Å². The third-order valence-electron chi connectivity index (χ3n) is 6.32. The summed E-state index contributed by atoms with van der Waals surface area (Å²) < 4.78 is 5.49. The zero-order chi connectivity index (χ0) is 15.1. The van der Waals surface area contributed by atoms with Crippen LogP contribution in [0, 0.1) is 11.8 Å². The Bertz CT molecular complexity index is 532. The third-order valence-corrected chi connectivity index (χ3v) is 6.32. The van der Waals surface area contributed by atoms with Gasteiger partial charge in [0.25, 0.3) is 0 Å². The lowest BCUT2D eigenvalue weighted by Gasteiger charge is -2.42. The number of rotatable bonds is 3. The number of nitrogens with zero attached hydrogens (tertiary/aromatic N) is 1. The molecule has 5 atom stereocenters. The van der Waals surface area contributed by atoms with Gasteiger partial charge < -0.3 is 9.84 Å². The number of fused-ring (bicyclic) bond motifs is 2. The summed E-state index contributed by atoms with van der Waals surface area (Å²) in [6.45, 7) is 1.95. The molecular weight excluding hydrogens is 274 g/mol. The maximum Gasteiger partial charge on any atom is 0.122 e. The van der Waals surface area contributed by atoms with Crippen molar-refractivity contribution in [1.82, 2.24) is 4.90 Å². The standard InChI is InChI=1S/C19H27NO2/c1-22-19-5-3-2-4-16(19)15-8-9-20(12-18(15)21)17-11-13-6-7-14(17)10-13/h2-5,13-15,17-18,21H,6-12H2,1H3/t13-,14?,15+,17+,18+/m0/s1. The minimum atomic E-state index is -0.274. The van der Waals surface area contributed by atoms with E-state index in [2.05, 4.69) is 11.0 Å². The number of likely N-dealkylation sites (tertiary alicyclic amines) is 1. The normalized spacial score (nSPS) is 38.4. The van der Waals surface area contributed by atoms with Crippen molar-refractivity contribution in [1.29, 1.82) is 0 Å². The van der Waals surface area contributed by atoms with Crippen LogP contribution in [0.25, 0.3) is 0 Å². The second kappa shape index (κ2) is 5.86. The Morgan fingerprint density at radius 2 is 2.00 bits per heavy atom. The summed E-state index contributed by atoms with van der Waals surface area (Å²) in [6.07, 6.45) is 6.43. The molecule has 0 aromatic heterocycles. The molecule has 3 heteroatoms. The van der Waals surface area contributed by atoms with E-state index in [1.165, 1.54) is 31.2 Å². The van der Waals surface area contributed by atoms with Gasteiger partial charge in [-0.2, -0.15) is 0 Å². The molecule has 3 fully saturated rings. The number of benzene rings is 1. The van der Waals surface area contributed by atoms with Gasteiger partial charge in [-0.1, -0.05) is 24.6 Å². The smallest absolute Gasteiger partial charge is 0.122 e. The molecule has 1 aromatic rings. The molecule has 1 unspecified atom stereocenters. The van der Waals surface area contributed by atoms with E-state index < -0.39 is 0 Å². The molecule has 1 aliphatic heterocycles. The summed E-state index contributed by atoms with van der Waals surface area (Å²) in [4.78, 5) is 2.58. The molecule has 0 spiro atoms. The molecule has 3 aliphatic rings. The van der Waals surface area contributed by atoms with Crippen molar-refractivity contribution in [2.75, 3.05) is 20.2 Å². The summed E-state index contributed by atoms with van der Waals surface area (Å²) in [5.74, 6) is 3.00. The monoisotopic (exact) mass is 301 g/mol. The third kappa shape index (κ3) is 2.44. The number of piperidine rings is 1. The Morgan fingerprint density at radius 3 is 2.68 bits per heavy atom. The maximum absolute atomic E-state index is 10.7. The van der Waals surface area contributed by atoms with Gasteiger partial charge in [0.1, 0.15) is 5.75 Å². The van der Waals surface area contributed by atoms with Gasteiger partial charge in [-0.15, -0.1) is 0 Å². The fourth-order valence-electron chi connectivity index (χ4n) is 5.25. The minimum Gasteiger partial charge on any atom is -0.496 e. The van der Waals surface area contributed by atoms with E-state index in [1.807, 2.05) is 18.2 Å². The first kappa shape index (κ1) is 14.5. The van der Waals surface area contributed by atoms with Gasteiger partial charge in [0.05, 0.1) is 13.2 Å². The first-order valence-electron chi connectivity index (χ1n) is 8.81. The maximum atomic E-state index is 10.7. The molecular formula is C19H27NO2. The predicted octanol–water partition coefficient (Wildman–Crippen LogP) is 3.03. The van der Waals surface area contributed by atoms with Crippen LogP contribution in [0.15, 0.2) is 24.3 Å². The lowest BCUT2D eigenvalue weighted by atomic mass is 9.84. The molecule has 1 N–H and O–H groups in total. The van der Waals surface area contributed by atoms with Gasteiger partial charge in [0.2, 0.25) is 0 Å². The van der Waals surface area contributed by atoms with E-state index >= 15 is 0 Å². The van der Waals surface area contributed by atoms with Crippen LogP contribution < -0.4 is 4.74 Å². The number of hydrogen-bond donors (Lipinski definition) is 1. The topological polar surface area (TPSA) is 32.7 Å². The molecule has 22 heavy (non-hydrogen) atoms. The zero-order valence-electron chi connectivity index (χ0n) is 13.4. The van der Waals surface area contributed by atoms with E-state index in [9.17, 15) is 5.11 Å². The van der Waals surface area contributed by atoms with Crippen LogP contribution in [-0.4, -0.2) is 42.4 Å². The van der Waals surface area contributed by atoms with Gasteiger partial charge >= 0.3 is 0 Å². The fourth-order valence-corrected chi connectivity index (χ4v) is 5.25. The minimum absolute atomic E-state index is 0.214. The summed E-state index contributed by atoms with van der Waals surface area (Å²) >= 11 is 0.